The van der Waals surface area contributed by atoms with Gasteiger partial charge in [0.15, 0.2) is 0 Å². The quantitative estimate of drug-likeness (QED) is 0.859. The van der Waals surface area contributed by atoms with Crippen LogP contribution in [0.25, 0.3) is 0 Å². The smallest absolute Gasteiger partial charge is 0.248 e. The van der Waals surface area contributed by atoms with E-state index in [1.807, 2.05) is 27.7 Å². The van der Waals surface area contributed by atoms with Crippen molar-refractivity contribution in [2.45, 2.75) is 78.1 Å². The topological polar surface area (TPSA) is 58.6 Å². The van der Waals surface area contributed by atoms with E-state index in [0.717, 1.165) is 6.42 Å². The summed E-state index contributed by atoms with van der Waals surface area (Å²) >= 11 is 0. The molecule has 0 aromatic carbocycles. The summed E-state index contributed by atoms with van der Waals surface area (Å²) in [7, 11) is 0. The fourth-order valence-electron chi connectivity index (χ4n) is 3.49. The van der Waals surface area contributed by atoms with Gasteiger partial charge in [-0.1, -0.05) is 20.8 Å². The third-order valence-electron chi connectivity index (χ3n) is 5.44. The van der Waals surface area contributed by atoms with Crippen LogP contribution in [0.3, 0.4) is 0 Å². The lowest BCUT2D eigenvalue weighted by Crippen LogP contribution is -2.75. The maximum absolute atomic E-state index is 12.9. The highest BCUT2D eigenvalue weighted by molar-refractivity contribution is 5.99. The molecule has 0 bridgehead atoms. The van der Waals surface area contributed by atoms with Crippen molar-refractivity contribution in [1.29, 1.82) is 0 Å². The van der Waals surface area contributed by atoms with Crippen LogP contribution in [0.1, 0.15) is 54.4 Å². The average molecular weight is 296 g/mol. The van der Waals surface area contributed by atoms with Gasteiger partial charge in [0.05, 0.1) is 6.10 Å². The van der Waals surface area contributed by atoms with Crippen molar-refractivity contribution >= 4 is 11.8 Å². The molecule has 21 heavy (non-hydrogen) atoms. The van der Waals surface area contributed by atoms with Gasteiger partial charge in [0.2, 0.25) is 11.8 Å². The monoisotopic (exact) mass is 296 g/mol. The van der Waals surface area contributed by atoms with E-state index in [1.54, 1.807) is 4.90 Å². The summed E-state index contributed by atoms with van der Waals surface area (Å²) in [5.41, 5.74) is -0.900. The van der Waals surface area contributed by atoms with Crippen molar-refractivity contribution < 1.29 is 14.3 Å². The predicted octanol–water partition coefficient (Wildman–Crippen LogP) is 1.71. The van der Waals surface area contributed by atoms with Gasteiger partial charge < -0.3 is 15.0 Å². The molecule has 5 heteroatoms. The molecule has 2 rings (SSSR count). The predicted molar refractivity (Wildman–Crippen MR) is 80.7 cm³/mol. The lowest BCUT2D eigenvalue weighted by Gasteiger charge is -2.59. The van der Waals surface area contributed by atoms with Crippen LogP contribution >= 0.6 is 0 Å². The Morgan fingerprint density at radius 1 is 1.29 bits per heavy atom. The summed E-state index contributed by atoms with van der Waals surface area (Å²) in [6.07, 6.45) is 1.57. The van der Waals surface area contributed by atoms with Gasteiger partial charge in [-0.25, -0.2) is 0 Å². The Kier molecular flexibility index (Phi) is 4.08. The molecule has 0 aromatic rings. The van der Waals surface area contributed by atoms with E-state index in [2.05, 4.69) is 19.2 Å². The Hall–Kier alpha value is -1.10. The Morgan fingerprint density at radius 3 is 2.38 bits per heavy atom. The van der Waals surface area contributed by atoms with Crippen LogP contribution in [0.5, 0.6) is 0 Å². The van der Waals surface area contributed by atoms with Crippen molar-refractivity contribution in [3.63, 3.8) is 0 Å². The van der Waals surface area contributed by atoms with Crippen LogP contribution in [0, 0.1) is 5.41 Å². The molecular formula is C16H28N2O3. The van der Waals surface area contributed by atoms with Gasteiger partial charge in [0, 0.05) is 18.1 Å². The number of nitrogens with zero attached hydrogens (tertiary/aromatic N) is 1. The normalized spacial score (nSPS) is 39.0. The van der Waals surface area contributed by atoms with Crippen molar-refractivity contribution in [1.82, 2.24) is 10.2 Å². The second-order valence-corrected chi connectivity index (χ2v) is 7.08. The van der Waals surface area contributed by atoms with Gasteiger partial charge in [0.1, 0.15) is 11.6 Å². The van der Waals surface area contributed by atoms with E-state index in [-0.39, 0.29) is 29.4 Å². The number of nitrogens with one attached hydrogen (secondary N) is 1. The molecule has 1 saturated carbocycles. The number of carbonyl (C=O) groups excluding carboxylic acids is 2. The highest BCUT2D eigenvalue weighted by Crippen LogP contribution is 2.47. The number of ether oxygens (including phenoxy) is 1. The number of hydrogen-bond donors (Lipinski definition) is 1. The van der Waals surface area contributed by atoms with Crippen LogP contribution in [-0.4, -0.2) is 47.0 Å². The number of carbonyl (C=O) groups is 2. The van der Waals surface area contributed by atoms with Gasteiger partial charge in [0.25, 0.3) is 0 Å². The first kappa shape index (κ1) is 16.3. The molecule has 1 aliphatic heterocycles. The summed E-state index contributed by atoms with van der Waals surface area (Å²) in [5.74, 6) is -0.0280. The van der Waals surface area contributed by atoms with E-state index in [4.69, 9.17) is 4.74 Å². The zero-order chi connectivity index (χ0) is 16.0. The Bertz CT molecular complexity index is 449. The molecular weight excluding hydrogens is 268 g/mol. The molecule has 2 amide bonds. The molecule has 1 saturated heterocycles. The lowest BCUT2D eigenvalue weighted by atomic mass is 9.63. The molecule has 1 aliphatic carbocycles. The molecule has 0 spiro atoms. The molecule has 4 atom stereocenters. The fourth-order valence-corrected chi connectivity index (χ4v) is 3.49. The van der Waals surface area contributed by atoms with Crippen LogP contribution in [0.15, 0.2) is 0 Å². The van der Waals surface area contributed by atoms with Crippen molar-refractivity contribution in [2.75, 3.05) is 6.61 Å². The number of piperazine rings is 1. The Labute approximate surface area is 127 Å². The Balaban J connectivity index is 2.25. The molecule has 2 fully saturated rings. The summed E-state index contributed by atoms with van der Waals surface area (Å²) in [6, 6.07) is -0.350. The summed E-state index contributed by atoms with van der Waals surface area (Å²) in [4.78, 5) is 26.9. The van der Waals surface area contributed by atoms with E-state index in [0.29, 0.717) is 13.0 Å². The van der Waals surface area contributed by atoms with Crippen LogP contribution in [-0.2, 0) is 14.3 Å². The zero-order valence-electron chi connectivity index (χ0n) is 14.0. The molecule has 0 radical (unpaired) electrons. The summed E-state index contributed by atoms with van der Waals surface area (Å²) in [6.45, 7) is 12.5. The molecule has 120 valence electrons. The minimum atomic E-state index is -0.781. The first-order valence-corrected chi connectivity index (χ1v) is 7.95. The summed E-state index contributed by atoms with van der Waals surface area (Å²) in [5, 5.41) is 2.88. The minimum absolute atomic E-state index is 0.0325. The number of hydrogen-bond acceptors (Lipinski definition) is 3. The van der Waals surface area contributed by atoms with Gasteiger partial charge in [-0.3, -0.25) is 9.59 Å². The molecule has 1 N–H and O–H groups in total. The lowest BCUT2D eigenvalue weighted by molar-refractivity contribution is -0.185. The molecule has 0 aromatic heterocycles. The third kappa shape index (κ3) is 2.35. The average Bonchev–Trinajstić information content (AvgIpc) is 2.43. The molecule has 1 heterocycles. The van der Waals surface area contributed by atoms with Crippen molar-refractivity contribution in [2.24, 2.45) is 5.41 Å². The maximum atomic E-state index is 12.9. The van der Waals surface area contributed by atoms with Gasteiger partial charge in [-0.15, -0.1) is 0 Å². The first-order valence-electron chi connectivity index (χ1n) is 7.95. The van der Waals surface area contributed by atoms with E-state index in [9.17, 15) is 9.59 Å². The SMILES string of the molecule is CCOC1CC(N2C(=O)C(C)(CC)NC(=O)C2C)C1(C)C. The molecule has 5 nitrogen and oxygen atoms in total. The van der Waals surface area contributed by atoms with Gasteiger partial charge in [-0.2, -0.15) is 0 Å². The molecule has 4 unspecified atom stereocenters. The van der Waals surface area contributed by atoms with Crippen molar-refractivity contribution in [3.05, 3.63) is 0 Å². The highest BCUT2D eigenvalue weighted by atomic mass is 16.5. The Morgan fingerprint density at radius 2 is 1.90 bits per heavy atom. The molecule has 2 aliphatic rings. The van der Waals surface area contributed by atoms with E-state index in [1.165, 1.54) is 0 Å². The van der Waals surface area contributed by atoms with Crippen LogP contribution in [0.2, 0.25) is 0 Å². The largest absolute Gasteiger partial charge is 0.378 e. The van der Waals surface area contributed by atoms with Crippen LogP contribution in [0.4, 0.5) is 0 Å². The third-order valence-corrected chi connectivity index (χ3v) is 5.44. The standard InChI is InChI=1S/C16H28N2O3/c1-7-16(6)14(20)18(10(3)13(19)17-16)11-9-12(21-8-2)15(11,4)5/h10-12H,7-9H2,1-6H3,(H,17,19). The minimum Gasteiger partial charge on any atom is -0.378 e. The second kappa shape index (κ2) is 5.27. The summed E-state index contributed by atoms with van der Waals surface area (Å²) < 4.78 is 5.75. The van der Waals surface area contributed by atoms with Gasteiger partial charge in [-0.05, 0) is 33.6 Å². The highest BCUT2D eigenvalue weighted by Gasteiger charge is 2.58. The maximum Gasteiger partial charge on any atom is 0.248 e. The first-order chi connectivity index (χ1) is 9.69. The van der Waals surface area contributed by atoms with E-state index < -0.39 is 11.6 Å². The van der Waals surface area contributed by atoms with Crippen LogP contribution < -0.4 is 5.32 Å². The fraction of sp³-hybridized carbons (Fsp3) is 0.875. The van der Waals surface area contributed by atoms with Crippen molar-refractivity contribution in [3.8, 4) is 0 Å². The zero-order valence-corrected chi connectivity index (χ0v) is 14.0. The number of rotatable bonds is 4. The number of amides is 2. The second-order valence-electron chi connectivity index (χ2n) is 7.08. The van der Waals surface area contributed by atoms with E-state index >= 15 is 0 Å². The van der Waals surface area contributed by atoms with Gasteiger partial charge >= 0.3 is 0 Å².